The van der Waals surface area contributed by atoms with E-state index in [9.17, 15) is 75.7 Å². The molecule has 3 saturated heterocycles. The lowest BCUT2D eigenvalue weighted by Gasteiger charge is -2.50. The summed E-state index contributed by atoms with van der Waals surface area (Å²) in [4.78, 5) is 38.7. The highest BCUT2D eigenvalue weighted by atomic mass is 16.8. The standard InChI is InChI=1S/C76H140N2O21/c1-4-6-8-10-12-14-16-18-20-22-24-26-27-28-30-32-34-36-38-40-42-44-46-48-50-63(86)78-57(58(83)49-47-45-43-41-39-37-35-33-31-29-25-23-21-19-17-15-13-11-9-7-5-2)55-94-73-68(90)67(89)70(62(54-81)96-73)97-74-69(91)72(66(88)61(53-80)95-74)99-76(75(92)93)51-59(84)64(77-56(3)82)71(98-76)65(87)60(85)52-79/h28,30,47,49,57-62,64-74,79-81,83-85,87-91H,4-27,29,31-46,48,50-55H2,1-3H3,(H,77,82)(H,78,86)(H,92,93)/b30-28-,49-47+. The Labute approximate surface area is 594 Å². The largest absolute Gasteiger partial charge is 0.477 e. The maximum atomic E-state index is 13.5. The highest BCUT2D eigenvalue weighted by Crippen LogP contribution is 2.39. The van der Waals surface area contributed by atoms with Crippen molar-refractivity contribution in [1.29, 1.82) is 0 Å². The number of ether oxygens (including phenoxy) is 6. The summed E-state index contributed by atoms with van der Waals surface area (Å²) >= 11 is 0. The van der Waals surface area contributed by atoms with Crippen LogP contribution in [-0.4, -0.2) is 215 Å². The van der Waals surface area contributed by atoms with Crippen molar-refractivity contribution in [1.82, 2.24) is 10.6 Å². The predicted octanol–water partition coefficient (Wildman–Crippen LogP) is 9.57. The van der Waals surface area contributed by atoms with Crippen LogP contribution in [0.5, 0.6) is 0 Å². The zero-order valence-electron chi connectivity index (χ0n) is 61.1. The number of amides is 2. The van der Waals surface area contributed by atoms with E-state index in [1.165, 1.54) is 205 Å². The number of aliphatic hydroxyl groups excluding tert-OH is 11. The second-order valence-corrected chi connectivity index (χ2v) is 28.6. The molecule has 23 nitrogen and oxygen atoms in total. The summed E-state index contributed by atoms with van der Waals surface area (Å²) in [6.07, 6.45) is 30.7. The molecule has 0 bridgehead atoms. The Bertz CT molecular complexity index is 2080. The normalized spacial score (nSPS) is 27.2. The first kappa shape index (κ1) is 90.4. The minimum absolute atomic E-state index is 0.198. The summed E-state index contributed by atoms with van der Waals surface area (Å²) < 4.78 is 34.9. The molecule has 0 aliphatic carbocycles. The number of carboxylic acids is 1. The lowest BCUT2D eigenvalue weighted by atomic mass is 9.88. The van der Waals surface area contributed by atoms with Crippen molar-refractivity contribution in [2.24, 2.45) is 0 Å². The van der Waals surface area contributed by atoms with Crippen molar-refractivity contribution in [3.8, 4) is 0 Å². The molecule has 23 heteroatoms. The van der Waals surface area contributed by atoms with E-state index in [0.717, 1.165) is 58.3 Å². The van der Waals surface area contributed by atoms with Gasteiger partial charge in [0.05, 0.1) is 50.7 Å². The van der Waals surface area contributed by atoms with Gasteiger partial charge in [-0.1, -0.05) is 263 Å². The van der Waals surface area contributed by atoms with Gasteiger partial charge in [-0.15, -0.1) is 0 Å². The van der Waals surface area contributed by atoms with Gasteiger partial charge in [0.1, 0.15) is 67.1 Å². The number of aliphatic carboxylic acids is 1. The van der Waals surface area contributed by atoms with Crippen LogP contribution in [0.2, 0.25) is 0 Å². The number of allylic oxidation sites excluding steroid dienone is 3. The van der Waals surface area contributed by atoms with Gasteiger partial charge in [0.25, 0.3) is 5.79 Å². The molecule has 3 aliphatic heterocycles. The van der Waals surface area contributed by atoms with Crippen LogP contribution in [0.3, 0.4) is 0 Å². The van der Waals surface area contributed by atoms with Crippen molar-refractivity contribution < 1.29 is 104 Å². The number of unbranched alkanes of at least 4 members (excludes halogenated alkanes) is 39. The Kier molecular flexibility index (Phi) is 50.8. The first-order valence-electron chi connectivity index (χ1n) is 39.2. The van der Waals surface area contributed by atoms with Crippen molar-refractivity contribution in [2.75, 3.05) is 26.4 Å². The van der Waals surface area contributed by atoms with Crippen LogP contribution in [0.25, 0.3) is 0 Å². The number of aliphatic hydroxyl groups is 11. The van der Waals surface area contributed by atoms with E-state index in [-0.39, 0.29) is 12.3 Å². The fourth-order valence-electron chi connectivity index (χ4n) is 13.6. The van der Waals surface area contributed by atoms with Crippen LogP contribution in [0.4, 0.5) is 0 Å². The highest BCUT2D eigenvalue weighted by molar-refractivity contribution is 5.77. The maximum Gasteiger partial charge on any atom is 0.364 e. The number of hydrogen-bond donors (Lipinski definition) is 14. The Morgan fingerprint density at radius 1 is 0.525 bits per heavy atom. The molecule has 2 amide bonds. The second-order valence-electron chi connectivity index (χ2n) is 28.6. The molecule has 18 atom stereocenters. The molecule has 0 radical (unpaired) electrons. The lowest BCUT2D eigenvalue weighted by Crippen LogP contribution is -2.70. The van der Waals surface area contributed by atoms with Gasteiger partial charge in [0.15, 0.2) is 12.6 Å². The van der Waals surface area contributed by atoms with Crippen LogP contribution in [0.15, 0.2) is 24.3 Å². The molecule has 0 saturated carbocycles. The topological polar surface area (TPSA) is 373 Å². The molecule has 3 aliphatic rings. The Balaban J connectivity index is 1.55. The SMILES string of the molecule is CCCCCCCCCCCCCC/C=C\CCCCCCCCCCC(=O)NC(COC1OC(CO)C(OC2OC(CO)C(O)C(OC3(C(=O)O)CC(O)C(NC(C)=O)C(C(O)C(O)CO)O3)C2O)C(O)C1O)C(O)/C=C/CCCCCCCCCCCCCCCCCCCCC. The van der Waals surface area contributed by atoms with Crippen LogP contribution >= 0.6 is 0 Å². The Morgan fingerprint density at radius 2 is 0.949 bits per heavy atom. The highest BCUT2D eigenvalue weighted by Gasteiger charge is 2.60. The van der Waals surface area contributed by atoms with Gasteiger partial charge in [0.2, 0.25) is 11.8 Å². The number of carbonyl (C=O) groups excluding carboxylic acids is 2. The zero-order chi connectivity index (χ0) is 72.5. The molecule has 0 spiro atoms. The molecule has 99 heavy (non-hydrogen) atoms. The fourth-order valence-corrected chi connectivity index (χ4v) is 13.6. The molecule has 0 aromatic rings. The first-order chi connectivity index (χ1) is 47.9. The van der Waals surface area contributed by atoms with Crippen molar-refractivity contribution in [3.05, 3.63) is 24.3 Å². The lowest BCUT2D eigenvalue weighted by molar-refractivity contribution is -0.386. The fraction of sp³-hybridized carbons (Fsp3) is 0.908. The molecule has 0 aromatic carbocycles. The van der Waals surface area contributed by atoms with Crippen molar-refractivity contribution >= 4 is 17.8 Å². The number of rotatable bonds is 61. The minimum atomic E-state index is -3.08. The Morgan fingerprint density at radius 3 is 1.37 bits per heavy atom. The van der Waals surface area contributed by atoms with E-state index < -0.39 is 155 Å². The van der Waals surface area contributed by atoms with Crippen LogP contribution in [0.1, 0.15) is 303 Å². The molecule has 580 valence electrons. The molecule has 18 unspecified atom stereocenters. The molecule has 3 heterocycles. The third kappa shape index (κ3) is 36.7. The van der Waals surface area contributed by atoms with Gasteiger partial charge in [-0.2, -0.15) is 0 Å². The minimum Gasteiger partial charge on any atom is -0.477 e. The van der Waals surface area contributed by atoms with Crippen LogP contribution in [-0.2, 0) is 42.8 Å². The van der Waals surface area contributed by atoms with E-state index in [4.69, 9.17) is 28.4 Å². The molecule has 14 N–H and O–H groups in total. The molecule has 0 aromatic heterocycles. The zero-order valence-corrected chi connectivity index (χ0v) is 61.1. The summed E-state index contributed by atoms with van der Waals surface area (Å²) in [7, 11) is 0. The number of nitrogens with one attached hydrogen (secondary N) is 2. The molecular weight excluding hydrogens is 1280 g/mol. The van der Waals surface area contributed by atoms with Crippen LogP contribution < -0.4 is 10.6 Å². The number of carboxylic acid groups (broad SMARTS) is 1. The van der Waals surface area contributed by atoms with Crippen molar-refractivity contribution in [3.63, 3.8) is 0 Å². The summed E-state index contributed by atoms with van der Waals surface area (Å²) in [6.45, 7) is 2.18. The van der Waals surface area contributed by atoms with Gasteiger partial charge in [0, 0.05) is 19.8 Å². The average Bonchev–Trinajstić information content (AvgIpc) is 0.740. The molecular formula is C76H140N2O21. The number of hydrogen-bond acceptors (Lipinski definition) is 20. The summed E-state index contributed by atoms with van der Waals surface area (Å²) in [5.74, 6) is -6.14. The smallest absolute Gasteiger partial charge is 0.364 e. The molecule has 3 fully saturated rings. The molecule has 3 rings (SSSR count). The summed E-state index contributed by atoms with van der Waals surface area (Å²) in [5.41, 5.74) is 0. The van der Waals surface area contributed by atoms with E-state index >= 15 is 0 Å². The third-order valence-electron chi connectivity index (χ3n) is 19.9. The van der Waals surface area contributed by atoms with E-state index in [2.05, 4.69) is 36.6 Å². The third-order valence-corrected chi connectivity index (χ3v) is 19.9. The van der Waals surface area contributed by atoms with Gasteiger partial charge < -0.3 is 100 Å². The Hall–Kier alpha value is -2.79. The maximum absolute atomic E-state index is 13.5. The average molecular weight is 1420 g/mol. The summed E-state index contributed by atoms with van der Waals surface area (Å²) in [5, 5.41) is 136. The number of carbonyl (C=O) groups is 3. The monoisotopic (exact) mass is 1420 g/mol. The van der Waals surface area contributed by atoms with E-state index in [0.29, 0.717) is 12.8 Å². The van der Waals surface area contributed by atoms with Gasteiger partial charge in [-0.05, 0) is 44.9 Å². The summed E-state index contributed by atoms with van der Waals surface area (Å²) in [6, 6.07) is -2.62. The van der Waals surface area contributed by atoms with E-state index in [1.807, 2.05) is 6.08 Å². The van der Waals surface area contributed by atoms with Crippen LogP contribution in [0, 0.1) is 0 Å². The van der Waals surface area contributed by atoms with Gasteiger partial charge in [-0.25, -0.2) is 4.79 Å². The van der Waals surface area contributed by atoms with Gasteiger partial charge >= 0.3 is 5.97 Å². The van der Waals surface area contributed by atoms with E-state index in [1.54, 1.807) is 6.08 Å². The van der Waals surface area contributed by atoms with Gasteiger partial charge in [-0.3, -0.25) is 9.59 Å². The predicted molar refractivity (Wildman–Crippen MR) is 380 cm³/mol. The second kappa shape index (κ2) is 55.7. The quantitative estimate of drug-likeness (QED) is 0.0199. The van der Waals surface area contributed by atoms with Crippen molar-refractivity contribution in [2.45, 2.75) is 413 Å². The first-order valence-corrected chi connectivity index (χ1v) is 39.2.